The van der Waals surface area contributed by atoms with Crippen LogP contribution < -0.4 is 15.2 Å². The number of carbonyl (C=O) groups excluding carboxylic acids is 3. The number of hydrogen-bond donors (Lipinski definition) is 2. The van der Waals surface area contributed by atoms with E-state index < -0.39 is 60.6 Å². The zero-order valence-electron chi connectivity index (χ0n) is 26.6. The van der Waals surface area contributed by atoms with Crippen LogP contribution in [0.4, 0.5) is 14.4 Å². The summed E-state index contributed by atoms with van der Waals surface area (Å²) < 4.78 is 31.9. The molecule has 0 fully saturated rings. The van der Waals surface area contributed by atoms with Crippen molar-refractivity contribution in [3.05, 3.63) is 23.8 Å². The van der Waals surface area contributed by atoms with Gasteiger partial charge in [-0.1, -0.05) is 59.9 Å². The van der Waals surface area contributed by atoms with Crippen LogP contribution in [0.15, 0.2) is 18.2 Å². The fourth-order valence-corrected chi connectivity index (χ4v) is 4.29. The maximum Gasteiger partial charge on any atom is 0.514 e. The summed E-state index contributed by atoms with van der Waals surface area (Å²) in [5, 5.41) is 9.82. The number of carbonyl (C=O) groups is 4. The van der Waals surface area contributed by atoms with Gasteiger partial charge in [-0.05, 0) is 57.2 Å². The van der Waals surface area contributed by atoms with Gasteiger partial charge < -0.3 is 39.3 Å². The molecule has 7 atom stereocenters. The van der Waals surface area contributed by atoms with E-state index in [0.717, 1.165) is 19.3 Å². The molecule has 0 radical (unpaired) electrons. The van der Waals surface area contributed by atoms with Crippen LogP contribution in [0.25, 0.3) is 0 Å². The van der Waals surface area contributed by atoms with E-state index in [4.69, 9.17) is 34.2 Å². The van der Waals surface area contributed by atoms with Crippen LogP contribution in [0.2, 0.25) is 0 Å². The molecule has 12 nitrogen and oxygen atoms in total. The number of rotatable bonds is 17. The second kappa shape index (κ2) is 18.9. The standard InChI is InChI=1S/C31H49NO11/c1-9-12-19(5)39-30(36)42-24-15-14-23(16-25(24)43-31(37)40-20(6)13-10-2)26(27(32)28(33)34)21(7)22(8)41-29(35)38-17-18(4)11-3/h14-16,18-22,26-27H,9-13,17,32H2,1-8H3,(H,33,34)/t18?,19?,20?,21?,22?,26?,27-/m0/s1. The zero-order chi connectivity index (χ0) is 32.7. The quantitative estimate of drug-likeness (QED) is 0.107. The summed E-state index contributed by atoms with van der Waals surface area (Å²) in [4.78, 5) is 49.4. The van der Waals surface area contributed by atoms with Crippen molar-refractivity contribution in [2.24, 2.45) is 17.6 Å². The summed E-state index contributed by atoms with van der Waals surface area (Å²) in [5.41, 5.74) is 6.45. The molecule has 1 rings (SSSR count). The summed E-state index contributed by atoms with van der Waals surface area (Å²) in [6.07, 6.45) is -0.959. The third-order valence-corrected chi connectivity index (χ3v) is 7.17. The highest BCUT2D eigenvalue weighted by molar-refractivity contribution is 5.75. The molecule has 6 unspecified atom stereocenters. The van der Waals surface area contributed by atoms with E-state index in [-0.39, 0.29) is 24.0 Å². The molecule has 12 heteroatoms. The molecule has 0 aromatic heterocycles. The highest BCUT2D eigenvalue weighted by Crippen LogP contribution is 2.37. The molecule has 0 bridgehead atoms. The zero-order valence-corrected chi connectivity index (χ0v) is 26.6. The number of ether oxygens (including phenoxy) is 6. The van der Waals surface area contributed by atoms with Gasteiger partial charge >= 0.3 is 24.4 Å². The first-order valence-corrected chi connectivity index (χ1v) is 15.0. The Hall–Kier alpha value is -3.54. The lowest BCUT2D eigenvalue weighted by Gasteiger charge is -2.31. The van der Waals surface area contributed by atoms with Gasteiger partial charge in [0.25, 0.3) is 0 Å². The Balaban J connectivity index is 3.39. The lowest BCUT2D eigenvalue weighted by molar-refractivity contribution is -0.139. The molecule has 0 heterocycles. The highest BCUT2D eigenvalue weighted by Gasteiger charge is 2.36. The van der Waals surface area contributed by atoms with Crippen molar-refractivity contribution in [2.75, 3.05) is 6.61 Å². The van der Waals surface area contributed by atoms with Crippen LogP contribution >= 0.6 is 0 Å². The molecule has 1 aromatic carbocycles. The van der Waals surface area contributed by atoms with Gasteiger partial charge in [0.1, 0.15) is 24.4 Å². The van der Waals surface area contributed by atoms with E-state index in [0.29, 0.717) is 18.4 Å². The summed E-state index contributed by atoms with van der Waals surface area (Å²) in [7, 11) is 0. The second-order valence-electron chi connectivity index (χ2n) is 11.0. The summed E-state index contributed by atoms with van der Waals surface area (Å²) in [5.74, 6) is -3.08. The van der Waals surface area contributed by atoms with E-state index in [1.54, 1.807) is 27.7 Å². The molecule has 244 valence electrons. The summed E-state index contributed by atoms with van der Waals surface area (Å²) in [6, 6.07) is 2.75. The Bertz CT molecular complexity index is 1050. The second-order valence-corrected chi connectivity index (χ2v) is 11.0. The normalized spacial score (nSPS) is 15.9. The number of nitrogens with two attached hydrogens (primary N) is 1. The molecule has 3 N–H and O–H groups in total. The Kier molecular flexibility index (Phi) is 16.5. The van der Waals surface area contributed by atoms with Crippen LogP contribution in [0.3, 0.4) is 0 Å². The largest absolute Gasteiger partial charge is 0.514 e. The van der Waals surface area contributed by atoms with Gasteiger partial charge in [-0.15, -0.1) is 0 Å². The van der Waals surface area contributed by atoms with Gasteiger partial charge in [-0.3, -0.25) is 4.79 Å². The third-order valence-electron chi connectivity index (χ3n) is 7.17. The van der Waals surface area contributed by atoms with Crippen molar-refractivity contribution in [3.63, 3.8) is 0 Å². The van der Waals surface area contributed by atoms with Gasteiger partial charge in [0.05, 0.1) is 6.61 Å². The van der Waals surface area contributed by atoms with E-state index in [1.807, 2.05) is 27.7 Å². The van der Waals surface area contributed by atoms with E-state index in [1.165, 1.54) is 18.2 Å². The van der Waals surface area contributed by atoms with Crippen molar-refractivity contribution in [3.8, 4) is 11.5 Å². The number of carboxylic acid groups (broad SMARTS) is 1. The molecule has 0 saturated carbocycles. The number of benzene rings is 1. The first kappa shape index (κ1) is 37.5. The van der Waals surface area contributed by atoms with Gasteiger partial charge in [0.2, 0.25) is 0 Å². The molecule has 0 saturated heterocycles. The molecule has 0 amide bonds. The Morgan fingerprint density at radius 3 is 1.81 bits per heavy atom. The van der Waals surface area contributed by atoms with Crippen LogP contribution in [0.5, 0.6) is 11.5 Å². The van der Waals surface area contributed by atoms with Crippen LogP contribution in [0, 0.1) is 11.8 Å². The lowest BCUT2D eigenvalue weighted by Crippen LogP contribution is -2.42. The van der Waals surface area contributed by atoms with Crippen molar-refractivity contribution in [1.82, 2.24) is 0 Å². The van der Waals surface area contributed by atoms with Crippen molar-refractivity contribution in [2.45, 2.75) is 118 Å². The minimum atomic E-state index is -1.44. The first-order chi connectivity index (χ1) is 20.2. The van der Waals surface area contributed by atoms with Crippen LogP contribution in [-0.2, 0) is 23.7 Å². The average Bonchev–Trinajstić information content (AvgIpc) is 2.92. The van der Waals surface area contributed by atoms with E-state index in [9.17, 15) is 24.3 Å². The lowest BCUT2D eigenvalue weighted by atomic mass is 9.79. The van der Waals surface area contributed by atoms with Crippen molar-refractivity contribution >= 4 is 24.4 Å². The molecule has 0 aliphatic carbocycles. The third kappa shape index (κ3) is 13.1. The first-order valence-electron chi connectivity index (χ1n) is 15.0. The summed E-state index contributed by atoms with van der Waals surface area (Å²) in [6.45, 7) is 14.7. The molecule has 0 spiro atoms. The van der Waals surface area contributed by atoms with Gasteiger partial charge in [-0.25, -0.2) is 14.4 Å². The fraction of sp³-hybridized carbons (Fsp3) is 0.677. The summed E-state index contributed by atoms with van der Waals surface area (Å²) >= 11 is 0. The predicted octanol–water partition coefficient (Wildman–Crippen LogP) is 6.81. The number of hydrogen-bond acceptors (Lipinski definition) is 11. The minimum absolute atomic E-state index is 0.147. The molecule has 43 heavy (non-hydrogen) atoms. The van der Waals surface area contributed by atoms with Gasteiger partial charge in [0.15, 0.2) is 11.5 Å². The topological polar surface area (TPSA) is 170 Å². The smallest absolute Gasteiger partial charge is 0.480 e. The Morgan fingerprint density at radius 1 is 0.791 bits per heavy atom. The number of carboxylic acids is 1. The predicted molar refractivity (Wildman–Crippen MR) is 158 cm³/mol. The Labute approximate surface area is 254 Å². The molecule has 0 aliphatic rings. The highest BCUT2D eigenvalue weighted by atomic mass is 16.8. The maximum atomic E-state index is 12.6. The SMILES string of the molecule is CCCC(C)OC(=O)Oc1ccc(C(C(C)C(C)OC(=O)OCC(C)CC)[C@H](N)C(=O)O)cc1OC(=O)OC(C)CCC. The molecular weight excluding hydrogens is 562 g/mol. The van der Waals surface area contributed by atoms with Crippen LogP contribution in [0.1, 0.15) is 99.0 Å². The van der Waals surface area contributed by atoms with Crippen LogP contribution in [-0.4, -0.2) is 60.5 Å². The Morgan fingerprint density at radius 2 is 1.33 bits per heavy atom. The molecular formula is C31H49NO11. The molecule has 0 aliphatic heterocycles. The van der Waals surface area contributed by atoms with Gasteiger partial charge in [0, 0.05) is 11.8 Å². The van der Waals surface area contributed by atoms with Gasteiger partial charge in [-0.2, -0.15) is 0 Å². The fourth-order valence-electron chi connectivity index (χ4n) is 4.29. The maximum absolute atomic E-state index is 12.6. The van der Waals surface area contributed by atoms with Crippen molar-refractivity contribution in [1.29, 1.82) is 0 Å². The van der Waals surface area contributed by atoms with E-state index >= 15 is 0 Å². The number of aliphatic carboxylic acids is 1. The average molecular weight is 612 g/mol. The molecule has 1 aromatic rings. The minimum Gasteiger partial charge on any atom is -0.480 e. The van der Waals surface area contributed by atoms with E-state index in [2.05, 4.69) is 0 Å². The van der Waals surface area contributed by atoms with Crippen molar-refractivity contribution < 1.29 is 52.7 Å². The monoisotopic (exact) mass is 611 g/mol.